The largest absolute Gasteiger partial charge is 0.479 e. The van der Waals surface area contributed by atoms with Crippen molar-refractivity contribution in [3.8, 4) is 0 Å². The zero-order chi connectivity index (χ0) is 14.2. The van der Waals surface area contributed by atoms with Gasteiger partial charge in [-0.2, -0.15) is 0 Å². The molecule has 0 aromatic rings. The molecule has 0 saturated carbocycles. The summed E-state index contributed by atoms with van der Waals surface area (Å²) in [5.41, 5.74) is -0.559. The summed E-state index contributed by atoms with van der Waals surface area (Å²) < 4.78 is 16.1. The van der Waals surface area contributed by atoms with Gasteiger partial charge in [-0.25, -0.2) is 9.59 Å². The summed E-state index contributed by atoms with van der Waals surface area (Å²) in [6.07, 6.45) is -2.06. The molecule has 7 heteroatoms. The SMILES string of the molecule is CC(C)(C)OC(=O)N1CC2OCC(C(=O)O)OC2C1. The second kappa shape index (κ2) is 4.97. The molecule has 2 heterocycles. The van der Waals surface area contributed by atoms with Gasteiger partial charge in [0.2, 0.25) is 0 Å². The van der Waals surface area contributed by atoms with E-state index in [1.165, 1.54) is 4.90 Å². The van der Waals surface area contributed by atoms with E-state index in [2.05, 4.69) is 0 Å². The number of nitrogens with zero attached hydrogens (tertiary/aromatic N) is 1. The maximum Gasteiger partial charge on any atom is 0.410 e. The number of rotatable bonds is 1. The summed E-state index contributed by atoms with van der Waals surface area (Å²) in [7, 11) is 0. The van der Waals surface area contributed by atoms with Crippen LogP contribution in [0.3, 0.4) is 0 Å². The third-order valence-electron chi connectivity index (χ3n) is 2.94. The van der Waals surface area contributed by atoms with Crippen LogP contribution < -0.4 is 0 Å². The topological polar surface area (TPSA) is 85.3 Å². The number of hydrogen-bond acceptors (Lipinski definition) is 5. The molecule has 2 aliphatic heterocycles. The average Bonchev–Trinajstić information content (AvgIpc) is 2.68. The molecule has 0 radical (unpaired) electrons. The van der Waals surface area contributed by atoms with Crippen molar-refractivity contribution in [3.05, 3.63) is 0 Å². The van der Waals surface area contributed by atoms with E-state index in [1.807, 2.05) is 0 Å². The van der Waals surface area contributed by atoms with E-state index < -0.39 is 29.9 Å². The maximum atomic E-state index is 11.9. The average molecular weight is 273 g/mol. The first kappa shape index (κ1) is 14.1. The Bertz CT molecular complexity index is 377. The van der Waals surface area contributed by atoms with E-state index in [4.69, 9.17) is 19.3 Å². The first-order valence-corrected chi connectivity index (χ1v) is 6.24. The fraction of sp³-hybridized carbons (Fsp3) is 0.833. The molecule has 108 valence electrons. The summed E-state index contributed by atoms with van der Waals surface area (Å²) in [6, 6.07) is 0. The molecule has 2 rings (SSSR count). The van der Waals surface area contributed by atoms with Crippen LogP contribution in [0.2, 0.25) is 0 Å². The molecule has 3 atom stereocenters. The van der Waals surface area contributed by atoms with E-state index in [1.54, 1.807) is 20.8 Å². The highest BCUT2D eigenvalue weighted by Gasteiger charge is 2.44. The highest BCUT2D eigenvalue weighted by atomic mass is 16.6. The molecule has 0 spiro atoms. The zero-order valence-corrected chi connectivity index (χ0v) is 11.3. The predicted molar refractivity (Wildman–Crippen MR) is 63.8 cm³/mol. The molecule has 0 aromatic heterocycles. The summed E-state index contributed by atoms with van der Waals surface area (Å²) in [5, 5.41) is 8.88. The van der Waals surface area contributed by atoms with E-state index >= 15 is 0 Å². The minimum absolute atomic E-state index is 0.0126. The normalized spacial score (nSPS) is 30.9. The fourth-order valence-corrected chi connectivity index (χ4v) is 2.10. The lowest BCUT2D eigenvalue weighted by Crippen LogP contribution is -2.45. The maximum absolute atomic E-state index is 11.9. The van der Waals surface area contributed by atoms with Crippen molar-refractivity contribution in [1.29, 1.82) is 0 Å². The molecule has 1 N–H and O–H groups in total. The van der Waals surface area contributed by atoms with Gasteiger partial charge in [-0.1, -0.05) is 0 Å². The van der Waals surface area contributed by atoms with Crippen LogP contribution in [0.5, 0.6) is 0 Å². The van der Waals surface area contributed by atoms with Gasteiger partial charge in [-0.15, -0.1) is 0 Å². The lowest BCUT2D eigenvalue weighted by Gasteiger charge is -2.29. The smallest absolute Gasteiger partial charge is 0.410 e. The Hall–Kier alpha value is -1.34. The van der Waals surface area contributed by atoms with Crippen molar-refractivity contribution < 1.29 is 28.9 Å². The lowest BCUT2D eigenvalue weighted by atomic mass is 10.2. The molecule has 0 bridgehead atoms. The number of likely N-dealkylation sites (tertiary alicyclic amines) is 1. The molecule has 1 amide bonds. The van der Waals surface area contributed by atoms with Gasteiger partial charge in [-0.3, -0.25) is 0 Å². The Kier molecular flexibility index (Phi) is 3.69. The number of hydrogen-bond donors (Lipinski definition) is 1. The first-order chi connectivity index (χ1) is 8.76. The zero-order valence-electron chi connectivity index (χ0n) is 11.3. The highest BCUT2D eigenvalue weighted by molar-refractivity contribution is 5.72. The summed E-state index contributed by atoms with van der Waals surface area (Å²) in [4.78, 5) is 24.2. The van der Waals surface area contributed by atoms with E-state index in [9.17, 15) is 9.59 Å². The minimum atomic E-state index is -1.05. The quantitative estimate of drug-likeness (QED) is 0.747. The van der Waals surface area contributed by atoms with Crippen LogP contribution in [0.25, 0.3) is 0 Å². The monoisotopic (exact) mass is 273 g/mol. The Morgan fingerprint density at radius 3 is 2.47 bits per heavy atom. The minimum Gasteiger partial charge on any atom is -0.479 e. The van der Waals surface area contributed by atoms with Gasteiger partial charge in [-0.05, 0) is 20.8 Å². The molecule has 2 saturated heterocycles. The lowest BCUT2D eigenvalue weighted by molar-refractivity contribution is -0.187. The van der Waals surface area contributed by atoms with Crippen LogP contribution in [-0.2, 0) is 19.0 Å². The molecular formula is C12H19NO6. The van der Waals surface area contributed by atoms with Crippen LogP contribution >= 0.6 is 0 Å². The van der Waals surface area contributed by atoms with Gasteiger partial charge in [0.1, 0.15) is 17.8 Å². The molecule has 3 unspecified atom stereocenters. The Labute approximate surface area is 111 Å². The molecule has 0 aromatic carbocycles. The number of aliphatic carboxylic acids is 1. The molecule has 19 heavy (non-hydrogen) atoms. The van der Waals surface area contributed by atoms with Gasteiger partial charge in [0.05, 0.1) is 19.7 Å². The van der Waals surface area contributed by atoms with Gasteiger partial charge < -0.3 is 24.2 Å². The van der Waals surface area contributed by atoms with Crippen molar-refractivity contribution in [2.24, 2.45) is 0 Å². The van der Waals surface area contributed by atoms with Crippen molar-refractivity contribution in [2.45, 2.75) is 44.7 Å². The van der Waals surface area contributed by atoms with Crippen LogP contribution in [0.4, 0.5) is 4.79 Å². The van der Waals surface area contributed by atoms with Crippen LogP contribution in [0, 0.1) is 0 Å². The molecule has 0 aliphatic carbocycles. The fourth-order valence-electron chi connectivity index (χ4n) is 2.10. The van der Waals surface area contributed by atoms with Crippen molar-refractivity contribution in [1.82, 2.24) is 4.90 Å². The van der Waals surface area contributed by atoms with E-state index in [0.29, 0.717) is 13.1 Å². The van der Waals surface area contributed by atoms with Gasteiger partial charge in [0.15, 0.2) is 6.10 Å². The van der Waals surface area contributed by atoms with Gasteiger partial charge in [0.25, 0.3) is 0 Å². The standard InChI is InChI=1S/C12H19NO6/c1-12(2,3)19-11(16)13-4-7-8(5-13)18-9(6-17-7)10(14)15/h7-9H,4-6H2,1-3H3,(H,14,15). The number of fused-ring (bicyclic) bond motifs is 1. The Balaban J connectivity index is 1.92. The predicted octanol–water partition coefficient (Wildman–Crippen LogP) is 0.474. The molecular weight excluding hydrogens is 254 g/mol. The van der Waals surface area contributed by atoms with E-state index in [-0.39, 0.29) is 12.7 Å². The van der Waals surface area contributed by atoms with Crippen molar-refractivity contribution in [3.63, 3.8) is 0 Å². The van der Waals surface area contributed by atoms with Crippen molar-refractivity contribution in [2.75, 3.05) is 19.7 Å². The summed E-state index contributed by atoms with van der Waals surface area (Å²) in [6.45, 7) is 6.05. The number of carbonyl (C=O) groups excluding carboxylic acids is 1. The Morgan fingerprint density at radius 1 is 1.26 bits per heavy atom. The first-order valence-electron chi connectivity index (χ1n) is 6.24. The number of carboxylic acids is 1. The summed E-state index contributed by atoms with van der Waals surface area (Å²) in [5.74, 6) is -1.05. The number of ether oxygens (including phenoxy) is 3. The van der Waals surface area contributed by atoms with Gasteiger partial charge >= 0.3 is 12.1 Å². The number of carbonyl (C=O) groups is 2. The second-order valence-electron chi connectivity index (χ2n) is 5.76. The van der Waals surface area contributed by atoms with Crippen LogP contribution in [-0.4, -0.2) is 65.7 Å². The highest BCUT2D eigenvalue weighted by Crippen LogP contribution is 2.24. The van der Waals surface area contributed by atoms with Crippen LogP contribution in [0.15, 0.2) is 0 Å². The van der Waals surface area contributed by atoms with Crippen LogP contribution in [0.1, 0.15) is 20.8 Å². The molecule has 2 aliphatic rings. The molecule has 2 fully saturated rings. The second-order valence-corrected chi connectivity index (χ2v) is 5.76. The summed E-state index contributed by atoms with van der Waals surface area (Å²) >= 11 is 0. The third kappa shape index (κ3) is 3.36. The van der Waals surface area contributed by atoms with Gasteiger partial charge in [0, 0.05) is 0 Å². The number of carboxylic acid groups (broad SMARTS) is 1. The third-order valence-corrected chi connectivity index (χ3v) is 2.94. The molecule has 7 nitrogen and oxygen atoms in total. The van der Waals surface area contributed by atoms with Crippen molar-refractivity contribution >= 4 is 12.1 Å². The Morgan fingerprint density at radius 2 is 1.89 bits per heavy atom. The number of amides is 1. The van der Waals surface area contributed by atoms with E-state index in [0.717, 1.165) is 0 Å².